The van der Waals surface area contributed by atoms with Gasteiger partial charge in [-0.25, -0.2) is 14.8 Å². The minimum atomic E-state index is -1.26. The highest BCUT2D eigenvalue weighted by Crippen LogP contribution is 2.35. The Balaban J connectivity index is 2.23. The summed E-state index contributed by atoms with van der Waals surface area (Å²) in [7, 11) is 0. The van der Waals surface area contributed by atoms with Gasteiger partial charge in [-0.3, -0.25) is 4.79 Å². The van der Waals surface area contributed by atoms with Crippen molar-refractivity contribution in [2.45, 2.75) is 0 Å². The van der Waals surface area contributed by atoms with E-state index in [0.717, 1.165) is 0 Å². The Labute approximate surface area is 127 Å². The molecule has 1 aliphatic heterocycles. The lowest BCUT2D eigenvalue weighted by Crippen LogP contribution is -2.10. The molecule has 7 heteroatoms. The predicted octanol–water partition coefficient (Wildman–Crippen LogP) is 2.24. The topological polar surface area (TPSA) is 114 Å². The van der Waals surface area contributed by atoms with Crippen LogP contribution in [0.25, 0.3) is 33.5 Å². The van der Waals surface area contributed by atoms with Gasteiger partial charge in [-0.15, -0.1) is 0 Å². The molecule has 0 unspecified atom stereocenters. The fourth-order valence-electron chi connectivity index (χ4n) is 2.47. The first-order valence-corrected chi connectivity index (χ1v) is 6.65. The van der Waals surface area contributed by atoms with Crippen LogP contribution in [0.5, 0.6) is 5.75 Å². The molecule has 0 fully saturated rings. The molecule has 112 valence electrons. The molecule has 1 aliphatic carbocycles. The van der Waals surface area contributed by atoms with Crippen LogP contribution in [0, 0.1) is 0 Å². The highest BCUT2D eigenvalue weighted by atomic mass is 16.4. The second-order valence-corrected chi connectivity index (χ2v) is 4.93. The number of hydrogen-bond donors (Lipinski definition) is 2. The number of benzene rings is 2. The summed E-state index contributed by atoms with van der Waals surface area (Å²) in [4.78, 5) is 31.5. The Kier molecular flexibility index (Phi) is 2.59. The number of para-hydroxylation sites is 2. The summed E-state index contributed by atoms with van der Waals surface area (Å²) in [6.45, 7) is 0. The van der Waals surface area contributed by atoms with Crippen LogP contribution in [0.3, 0.4) is 0 Å². The van der Waals surface area contributed by atoms with E-state index in [1.807, 2.05) is 0 Å². The highest BCUT2D eigenvalue weighted by Gasteiger charge is 2.23. The Morgan fingerprint density at radius 1 is 1.09 bits per heavy atom. The Bertz CT molecular complexity index is 1130. The van der Waals surface area contributed by atoms with Crippen molar-refractivity contribution < 1.29 is 19.4 Å². The van der Waals surface area contributed by atoms with Crippen LogP contribution in [0.15, 0.2) is 45.6 Å². The molecule has 0 saturated heterocycles. The largest absolute Gasteiger partial charge is 0.501 e. The van der Waals surface area contributed by atoms with Crippen LogP contribution in [0.1, 0.15) is 10.5 Å². The van der Waals surface area contributed by atoms with Gasteiger partial charge < -0.3 is 14.6 Å². The van der Waals surface area contributed by atoms with Crippen LogP contribution in [-0.4, -0.2) is 26.2 Å². The van der Waals surface area contributed by atoms with Crippen molar-refractivity contribution in [2.75, 3.05) is 0 Å². The summed E-state index contributed by atoms with van der Waals surface area (Å²) in [5.74, 6) is -1.95. The van der Waals surface area contributed by atoms with E-state index < -0.39 is 17.1 Å². The van der Waals surface area contributed by atoms with Crippen molar-refractivity contribution in [2.24, 2.45) is 0 Å². The second-order valence-electron chi connectivity index (χ2n) is 4.93. The molecule has 0 spiro atoms. The maximum Gasteiger partial charge on any atom is 0.354 e. The molecule has 23 heavy (non-hydrogen) atoms. The van der Waals surface area contributed by atoms with E-state index in [9.17, 15) is 14.7 Å². The van der Waals surface area contributed by atoms with E-state index in [2.05, 4.69) is 9.97 Å². The number of carboxylic acids is 1. The van der Waals surface area contributed by atoms with E-state index in [1.54, 1.807) is 24.3 Å². The van der Waals surface area contributed by atoms with Crippen molar-refractivity contribution in [1.82, 2.24) is 9.97 Å². The first-order valence-electron chi connectivity index (χ1n) is 6.65. The molecule has 2 aromatic rings. The number of pyridine rings is 1. The maximum atomic E-state index is 12.3. The predicted molar refractivity (Wildman–Crippen MR) is 80.8 cm³/mol. The van der Waals surface area contributed by atoms with Gasteiger partial charge in [0.25, 0.3) is 0 Å². The van der Waals surface area contributed by atoms with Gasteiger partial charge >= 0.3 is 5.97 Å². The monoisotopic (exact) mass is 308 g/mol. The molecule has 0 saturated carbocycles. The smallest absolute Gasteiger partial charge is 0.354 e. The van der Waals surface area contributed by atoms with Crippen LogP contribution in [0.2, 0.25) is 0 Å². The number of carbonyl (C=O) groups is 1. The molecular formula is C16H8N2O5. The van der Waals surface area contributed by atoms with Gasteiger partial charge in [0.15, 0.2) is 11.3 Å². The minimum Gasteiger partial charge on any atom is -0.501 e. The number of carboxylic acid groups (broad SMARTS) is 1. The molecule has 0 atom stereocenters. The molecule has 2 aliphatic rings. The van der Waals surface area contributed by atoms with E-state index in [0.29, 0.717) is 16.5 Å². The Morgan fingerprint density at radius 3 is 2.65 bits per heavy atom. The van der Waals surface area contributed by atoms with Crippen molar-refractivity contribution in [3.8, 4) is 17.2 Å². The Hall–Kier alpha value is -3.48. The average molecular weight is 308 g/mol. The number of nitrogens with zero attached hydrogens (tertiary/aromatic N) is 2. The van der Waals surface area contributed by atoms with Crippen molar-refractivity contribution in [3.05, 3.63) is 52.3 Å². The number of phenolic OH excluding ortho intramolecular Hbond substituents is 1. The summed E-state index contributed by atoms with van der Waals surface area (Å²) >= 11 is 0. The van der Waals surface area contributed by atoms with Gasteiger partial charge in [0, 0.05) is 5.39 Å². The number of aromatic nitrogens is 2. The summed E-state index contributed by atoms with van der Waals surface area (Å²) in [6.07, 6.45) is 0. The molecule has 0 bridgehead atoms. The second kappa shape index (κ2) is 4.51. The quantitative estimate of drug-likeness (QED) is 0.409. The fourth-order valence-corrected chi connectivity index (χ4v) is 2.47. The maximum absolute atomic E-state index is 12.3. The molecule has 2 heterocycles. The number of hydrogen-bond acceptors (Lipinski definition) is 6. The van der Waals surface area contributed by atoms with E-state index in [-0.39, 0.29) is 22.7 Å². The molecule has 1 aromatic carbocycles. The van der Waals surface area contributed by atoms with Crippen LogP contribution >= 0.6 is 0 Å². The number of aromatic hydroxyl groups is 1. The minimum absolute atomic E-state index is 0.0499. The first kappa shape index (κ1) is 13.2. The van der Waals surface area contributed by atoms with Crippen molar-refractivity contribution in [3.63, 3.8) is 0 Å². The Morgan fingerprint density at radius 2 is 1.87 bits per heavy atom. The lowest BCUT2D eigenvalue weighted by molar-refractivity contribution is 0.0691. The number of rotatable bonds is 1. The highest BCUT2D eigenvalue weighted by molar-refractivity contribution is 5.99. The van der Waals surface area contributed by atoms with Gasteiger partial charge in [-0.2, -0.15) is 0 Å². The normalized spacial score (nSPS) is 11.3. The fraction of sp³-hybridized carbons (Fsp3) is 0. The molecule has 1 aromatic heterocycles. The third kappa shape index (κ3) is 1.83. The zero-order valence-electron chi connectivity index (χ0n) is 11.5. The number of phenols is 1. The molecule has 7 nitrogen and oxygen atoms in total. The SMILES string of the molecule is O=C(O)c1ccc2c3nc4ccccc4oc-3c(O)c(=O)c2n1. The molecule has 2 N–H and O–H groups in total. The van der Waals surface area contributed by atoms with Crippen molar-refractivity contribution >= 4 is 28.0 Å². The third-order valence-corrected chi connectivity index (χ3v) is 3.54. The van der Waals surface area contributed by atoms with Crippen molar-refractivity contribution in [1.29, 1.82) is 0 Å². The zero-order valence-corrected chi connectivity index (χ0v) is 11.5. The van der Waals surface area contributed by atoms with Crippen LogP contribution < -0.4 is 5.43 Å². The lowest BCUT2D eigenvalue weighted by Gasteiger charge is -2.10. The van der Waals surface area contributed by atoms with E-state index >= 15 is 0 Å². The van der Waals surface area contributed by atoms with Gasteiger partial charge in [0.2, 0.25) is 11.2 Å². The zero-order chi connectivity index (χ0) is 16.1. The van der Waals surface area contributed by atoms with Gasteiger partial charge in [0.05, 0.1) is 0 Å². The molecule has 0 radical (unpaired) electrons. The van der Waals surface area contributed by atoms with E-state index in [1.165, 1.54) is 12.1 Å². The molecule has 0 amide bonds. The summed E-state index contributed by atoms with van der Waals surface area (Å²) in [6, 6.07) is 9.63. The average Bonchev–Trinajstić information content (AvgIpc) is 2.58. The lowest BCUT2D eigenvalue weighted by atomic mass is 10.1. The van der Waals surface area contributed by atoms with Crippen LogP contribution in [-0.2, 0) is 0 Å². The first-order chi connectivity index (χ1) is 11.1. The summed E-state index contributed by atoms with van der Waals surface area (Å²) in [5.41, 5.74) is -0.0264. The van der Waals surface area contributed by atoms with Gasteiger partial charge in [-0.1, -0.05) is 12.1 Å². The van der Waals surface area contributed by atoms with E-state index in [4.69, 9.17) is 9.52 Å². The molecular weight excluding hydrogens is 300 g/mol. The standard InChI is InChI=1S/C16H8N2O5/c19-13-11-7(5-6-9(18-11)16(21)22)12-15(14(13)20)23-10-4-2-1-3-8(10)17-12/h1-6,20H,(H,21,22). The van der Waals surface area contributed by atoms with Gasteiger partial charge in [0.1, 0.15) is 22.4 Å². The summed E-state index contributed by atoms with van der Waals surface area (Å²) < 4.78 is 5.59. The van der Waals surface area contributed by atoms with Gasteiger partial charge in [-0.05, 0) is 24.3 Å². The number of aromatic carboxylic acids is 1. The third-order valence-electron chi connectivity index (χ3n) is 3.54. The summed E-state index contributed by atoms with van der Waals surface area (Å²) in [5, 5.41) is 19.4. The number of fused-ring (bicyclic) bond motifs is 4. The molecule has 4 rings (SSSR count). The van der Waals surface area contributed by atoms with Crippen LogP contribution in [0.4, 0.5) is 0 Å².